The summed E-state index contributed by atoms with van der Waals surface area (Å²) < 4.78 is 25.3. The Bertz CT molecular complexity index is 605. The maximum absolute atomic E-state index is 12.0. The van der Waals surface area contributed by atoms with Crippen molar-refractivity contribution in [3.63, 3.8) is 0 Å². The highest BCUT2D eigenvalue weighted by molar-refractivity contribution is 7.90. The minimum Gasteiger partial charge on any atom is -0.351 e. The molecule has 6 nitrogen and oxygen atoms in total. The maximum atomic E-state index is 12.0. The molecule has 7 heteroatoms. The zero-order valence-corrected chi connectivity index (χ0v) is 10.2. The van der Waals surface area contributed by atoms with Crippen LogP contribution in [-0.4, -0.2) is 20.2 Å². The van der Waals surface area contributed by atoms with Gasteiger partial charge in [-0.25, -0.2) is 17.9 Å². The molecule has 2 rings (SSSR count). The van der Waals surface area contributed by atoms with Gasteiger partial charge in [0, 0.05) is 11.5 Å². The van der Waals surface area contributed by atoms with Gasteiger partial charge >= 0.3 is 6.03 Å². The molecule has 0 aliphatic heterocycles. The molecule has 1 aliphatic carbocycles. The number of amides is 2. The van der Waals surface area contributed by atoms with Crippen molar-refractivity contribution in [2.45, 2.75) is 17.7 Å². The summed E-state index contributed by atoms with van der Waals surface area (Å²) in [6.07, 6.45) is 1.55. The van der Waals surface area contributed by atoms with Crippen LogP contribution in [0, 0.1) is 5.92 Å². The largest absolute Gasteiger partial charge is 0.351 e. The number of nitrogens with one attached hydrogen (secondary N) is 1. The Hall–Kier alpha value is -1.89. The van der Waals surface area contributed by atoms with Crippen molar-refractivity contribution in [2.75, 3.05) is 0 Å². The zero-order valence-electron chi connectivity index (χ0n) is 9.42. The van der Waals surface area contributed by atoms with E-state index >= 15 is 0 Å². The topological polar surface area (TPSA) is 106 Å². The molecule has 1 aromatic carbocycles. The van der Waals surface area contributed by atoms with E-state index < -0.39 is 16.1 Å². The molecule has 1 aliphatic rings. The fourth-order valence-corrected chi connectivity index (χ4v) is 2.75. The van der Waals surface area contributed by atoms with Gasteiger partial charge in [0.2, 0.25) is 0 Å². The minimum atomic E-state index is -4.09. The van der Waals surface area contributed by atoms with E-state index in [1.54, 1.807) is 10.8 Å². The summed E-state index contributed by atoms with van der Waals surface area (Å²) in [6, 6.07) is 4.61. The van der Waals surface area contributed by atoms with E-state index in [-0.39, 0.29) is 22.2 Å². The van der Waals surface area contributed by atoms with Gasteiger partial charge in [0.05, 0.1) is 4.90 Å². The van der Waals surface area contributed by atoms with Crippen molar-refractivity contribution in [3.8, 4) is 0 Å². The number of urea groups is 1. The number of hydrogen-bond acceptors (Lipinski definition) is 4. The molecule has 0 heterocycles. The van der Waals surface area contributed by atoms with Crippen molar-refractivity contribution in [1.29, 1.82) is 0 Å². The molecule has 1 aromatic rings. The molecule has 0 spiro atoms. The standard InChI is InChI=1S/C11H12N2O4S/c12-11(15)13-18(16,17)9-4-2-1-3-8(9)10(14)7-5-6-7/h1-4,7H,5-6H2,(H3,12,13,15). The number of rotatable bonds is 4. The first-order chi connectivity index (χ1) is 8.42. The number of sulfonamides is 1. The second kappa shape index (κ2) is 4.41. The number of nitrogens with two attached hydrogens (primary N) is 1. The highest BCUT2D eigenvalue weighted by Gasteiger charge is 2.33. The Balaban J connectivity index is 2.44. The summed E-state index contributed by atoms with van der Waals surface area (Å²) >= 11 is 0. The van der Waals surface area contributed by atoms with Crippen LogP contribution in [0.4, 0.5) is 4.79 Å². The number of carbonyl (C=O) groups excluding carboxylic acids is 2. The smallest absolute Gasteiger partial charge is 0.326 e. The Morgan fingerprint density at radius 1 is 1.22 bits per heavy atom. The summed E-state index contributed by atoms with van der Waals surface area (Å²) in [4.78, 5) is 22.4. The van der Waals surface area contributed by atoms with E-state index in [1.165, 1.54) is 18.2 Å². The number of carbonyl (C=O) groups is 2. The van der Waals surface area contributed by atoms with Gasteiger partial charge in [0.15, 0.2) is 5.78 Å². The predicted molar refractivity (Wildman–Crippen MR) is 63.4 cm³/mol. The van der Waals surface area contributed by atoms with Gasteiger partial charge in [0.25, 0.3) is 10.0 Å². The van der Waals surface area contributed by atoms with Crippen molar-refractivity contribution in [3.05, 3.63) is 29.8 Å². The van der Waals surface area contributed by atoms with E-state index in [0.717, 1.165) is 12.8 Å². The molecule has 0 atom stereocenters. The summed E-state index contributed by atoms with van der Waals surface area (Å²) in [7, 11) is -4.09. The third-order valence-corrected chi connectivity index (χ3v) is 4.03. The second-order valence-electron chi connectivity index (χ2n) is 4.10. The molecular weight excluding hydrogens is 256 g/mol. The van der Waals surface area contributed by atoms with Gasteiger partial charge in [-0.1, -0.05) is 18.2 Å². The Labute approximate surface area is 104 Å². The highest BCUT2D eigenvalue weighted by Crippen LogP contribution is 2.34. The predicted octanol–water partition coefficient (Wildman–Crippen LogP) is 0.636. The molecule has 0 bridgehead atoms. The van der Waals surface area contributed by atoms with Gasteiger partial charge in [0.1, 0.15) is 0 Å². The SMILES string of the molecule is NC(=O)NS(=O)(=O)c1ccccc1C(=O)C1CC1. The van der Waals surface area contributed by atoms with Crippen LogP contribution in [0.15, 0.2) is 29.2 Å². The van der Waals surface area contributed by atoms with Gasteiger partial charge in [-0.3, -0.25) is 4.79 Å². The molecular formula is C11H12N2O4S. The minimum absolute atomic E-state index is 0.102. The fraction of sp³-hybridized carbons (Fsp3) is 0.273. The Kier molecular flexibility index (Phi) is 3.08. The van der Waals surface area contributed by atoms with Crippen LogP contribution < -0.4 is 10.5 Å². The van der Waals surface area contributed by atoms with Crippen LogP contribution in [0.3, 0.4) is 0 Å². The average molecular weight is 268 g/mol. The first-order valence-corrected chi connectivity index (χ1v) is 6.85. The molecule has 0 saturated heterocycles. The zero-order chi connectivity index (χ0) is 13.3. The highest BCUT2D eigenvalue weighted by atomic mass is 32.2. The number of Topliss-reactive ketones (excluding diaryl/α,β-unsaturated/α-hetero) is 1. The first kappa shape index (κ1) is 12.6. The number of primary amides is 1. The molecule has 3 N–H and O–H groups in total. The lowest BCUT2D eigenvalue weighted by atomic mass is 10.1. The van der Waals surface area contributed by atoms with Crippen molar-refractivity contribution in [1.82, 2.24) is 4.72 Å². The molecule has 0 aromatic heterocycles. The normalized spacial score (nSPS) is 15.1. The summed E-state index contributed by atoms with van der Waals surface area (Å²) in [5.41, 5.74) is 4.91. The average Bonchev–Trinajstić information content (AvgIpc) is 3.10. The molecule has 1 saturated carbocycles. The molecule has 18 heavy (non-hydrogen) atoms. The molecule has 0 unspecified atom stereocenters. The van der Waals surface area contributed by atoms with E-state index in [9.17, 15) is 18.0 Å². The third-order valence-electron chi connectivity index (χ3n) is 2.63. The van der Waals surface area contributed by atoms with E-state index in [0.29, 0.717) is 0 Å². The third kappa shape index (κ3) is 2.51. The van der Waals surface area contributed by atoms with Crippen LogP contribution in [0.1, 0.15) is 23.2 Å². The first-order valence-electron chi connectivity index (χ1n) is 5.37. The van der Waals surface area contributed by atoms with Gasteiger partial charge in [-0.2, -0.15) is 0 Å². The lowest BCUT2D eigenvalue weighted by molar-refractivity contribution is 0.0964. The fourth-order valence-electron chi connectivity index (χ4n) is 1.66. The molecule has 2 amide bonds. The number of benzene rings is 1. The van der Waals surface area contributed by atoms with Crippen LogP contribution in [0.2, 0.25) is 0 Å². The monoisotopic (exact) mass is 268 g/mol. The summed E-state index contributed by atoms with van der Waals surface area (Å²) in [6.45, 7) is 0. The quantitative estimate of drug-likeness (QED) is 0.781. The lowest BCUT2D eigenvalue weighted by Gasteiger charge is -2.09. The number of hydrogen-bond donors (Lipinski definition) is 2. The summed E-state index contributed by atoms with van der Waals surface area (Å²) in [5, 5.41) is 0. The van der Waals surface area contributed by atoms with Crippen LogP contribution >= 0.6 is 0 Å². The van der Waals surface area contributed by atoms with Crippen molar-refractivity contribution >= 4 is 21.8 Å². The van der Waals surface area contributed by atoms with Gasteiger partial charge in [-0.15, -0.1) is 0 Å². The lowest BCUT2D eigenvalue weighted by Crippen LogP contribution is -2.35. The maximum Gasteiger partial charge on any atom is 0.326 e. The van der Waals surface area contributed by atoms with Crippen molar-refractivity contribution < 1.29 is 18.0 Å². The van der Waals surface area contributed by atoms with Crippen LogP contribution in [0.25, 0.3) is 0 Å². The van der Waals surface area contributed by atoms with Gasteiger partial charge in [-0.05, 0) is 18.9 Å². The molecule has 1 fully saturated rings. The Morgan fingerprint density at radius 2 is 1.83 bits per heavy atom. The summed E-state index contributed by atoms with van der Waals surface area (Å²) in [5.74, 6) is -0.310. The Morgan fingerprint density at radius 3 is 2.39 bits per heavy atom. The second-order valence-corrected chi connectivity index (χ2v) is 5.76. The van der Waals surface area contributed by atoms with Crippen LogP contribution in [-0.2, 0) is 10.0 Å². The molecule has 0 radical (unpaired) electrons. The van der Waals surface area contributed by atoms with Crippen LogP contribution in [0.5, 0.6) is 0 Å². The van der Waals surface area contributed by atoms with E-state index in [4.69, 9.17) is 5.73 Å². The van der Waals surface area contributed by atoms with Gasteiger partial charge < -0.3 is 5.73 Å². The van der Waals surface area contributed by atoms with Crippen molar-refractivity contribution in [2.24, 2.45) is 11.7 Å². The van der Waals surface area contributed by atoms with E-state index in [2.05, 4.69) is 0 Å². The number of ketones is 1. The van der Waals surface area contributed by atoms with E-state index in [1.807, 2.05) is 0 Å². The molecule has 96 valence electrons.